The number of nitrogens with one attached hydrogen (secondary N) is 1. The number of halogens is 4. The van der Waals surface area contributed by atoms with Gasteiger partial charge in [0.25, 0.3) is 5.91 Å². The summed E-state index contributed by atoms with van der Waals surface area (Å²) in [6.07, 6.45) is 0. The van der Waals surface area contributed by atoms with E-state index >= 15 is 0 Å². The predicted molar refractivity (Wildman–Crippen MR) is 95.0 cm³/mol. The van der Waals surface area contributed by atoms with Crippen molar-refractivity contribution < 1.29 is 35.5 Å². The molecule has 1 aliphatic rings. The number of ether oxygens (including phenoxy) is 1. The van der Waals surface area contributed by atoms with E-state index in [1.54, 1.807) is 6.92 Å². The van der Waals surface area contributed by atoms with Crippen molar-refractivity contribution in [2.45, 2.75) is 11.8 Å². The smallest absolute Gasteiger partial charge is 0.258 e. The number of nitrogens with zero attached hydrogens (tertiary/aromatic N) is 1. The first-order valence-electron chi connectivity index (χ1n) is 8.46. The third-order valence-electron chi connectivity index (χ3n) is 4.38. The zero-order valence-electron chi connectivity index (χ0n) is 15.1. The summed E-state index contributed by atoms with van der Waals surface area (Å²) in [5, 5.41) is 2.17. The van der Waals surface area contributed by atoms with Gasteiger partial charge in [0.1, 0.15) is 0 Å². The molecule has 0 bridgehead atoms. The molecule has 1 aliphatic heterocycles. The van der Waals surface area contributed by atoms with E-state index in [2.05, 4.69) is 5.32 Å². The van der Waals surface area contributed by atoms with Gasteiger partial charge in [-0.1, -0.05) is 6.07 Å². The summed E-state index contributed by atoms with van der Waals surface area (Å²) < 4.78 is 85.7. The van der Waals surface area contributed by atoms with E-state index in [0.717, 1.165) is 6.07 Å². The van der Waals surface area contributed by atoms with Crippen molar-refractivity contribution in [3.05, 3.63) is 58.7 Å². The van der Waals surface area contributed by atoms with Crippen LogP contribution in [0.25, 0.3) is 0 Å². The lowest BCUT2D eigenvalue weighted by Gasteiger charge is -2.26. The molecule has 2 aromatic carbocycles. The highest BCUT2D eigenvalue weighted by Gasteiger charge is 2.28. The number of carbonyl (C=O) groups is 1. The molecule has 6 nitrogen and oxygen atoms in total. The van der Waals surface area contributed by atoms with E-state index in [4.69, 9.17) is 4.74 Å². The van der Waals surface area contributed by atoms with Crippen LogP contribution in [0.1, 0.15) is 15.9 Å². The zero-order chi connectivity index (χ0) is 21.3. The van der Waals surface area contributed by atoms with Gasteiger partial charge in [-0.05, 0) is 30.7 Å². The SMILES string of the molecule is Cc1ccc(NC(=O)c2cc(F)c(F)c(F)c2F)cc1S(=O)(=O)N1CCOCC1. The van der Waals surface area contributed by atoms with Gasteiger partial charge < -0.3 is 10.1 Å². The quantitative estimate of drug-likeness (QED) is 0.458. The summed E-state index contributed by atoms with van der Waals surface area (Å²) in [7, 11) is -3.88. The molecule has 29 heavy (non-hydrogen) atoms. The van der Waals surface area contributed by atoms with Crippen LogP contribution < -0.4 is 5.32 Å². The highest BCUT2D eigenvalue weighted by atomic mass is 32.2. The van der Waals surface area contributed by atoms with Gasteiger partial charge in [-0.25, -0.2) is 26.0 Å². The van der Waals surface area contributed by atoms with E-state index in [1.807, 2.05) is 0 Å². The maximum Gasteiger partial charge on any atom is 0.258 e. The van der Waals surface area contributed by atoms with E-state index in [9.17, 15) is 30.8 Å². The van der Waals surface area contributed by atoms with Crippen LogP contribution in [-0.4, -0.2) is 44.9 Å². The van der Waals surface area contributed by atoms with Crippen LogP contribution in [0.4, 0.5) is 23.2 Å². The fraction of sp³-hybridized carbons (Fsp3) is 0.278. The van der Waals surface area contributed by atoms with Gasteiger partial charge in [-0.15, -0.1) is 0 Å². The van der Waals surface area contributed by atoms with Gasteiger partial charge in [-0.3, -0.25) is 4.79 Å². The lowest BCUT2D eigenvalue weighted by Crippen LogP contribution is -2.40. The number of morpholine rings is 1. The Morgan fingerprint density at radius 3 is 2.34 bits per heavy atom. The largest absolute Gasteiger partial charge is 0.379 e. The number of rotatable bonds is 4. The monoisotopic (exact) mass is 432 g/mol. The molecule has 1 saturated heterocycles. The zero-order valence-corrected chi connectivity index (χ0v) is 16.0. The Kier molecular flexibility index (Phi) is 5.92. The van der Waals surface area contributed by atoms with Crippen LogP contribution in [0.5, 0.6) is 0 Å². The van der Waals surface area contributed by atoms with Crippen LogP contribution in [0.3, 0.4) is 0 Å². The third kappa shape index (κ3) is 4.11. The maximum atomic E-state index is 13.8. The molecule has 0 aromatic heterocycles. The Balaban J connectivity index is 1.92. The molecule has 156 valence electrons. The fourth-order valence-electron chi connectivity index (χ4n) is 2.82. The minimum Gasteiger partial charge on any atom is -0.379 e. The molecule has 1 N–H and O–H groups in total. The molecule has 1 fully saturated rings. The van der Waals surface area contributed by atoms with Crippen molar-refractivity contribution in [1.29, 1.82) is 0 Å². The summed E-state index contributed by atoms with van der Waals surface area (Å²) in [4.78, 5) is 12.1. The van der Waals surface area contributed by atoms with Gasteiger partial charge in [0.2, 0.25) is 10.0 Å². The Bertz CT molecular complexity index is 1070. The molecule has 0 spiro atoms. The average Bonchev–Trinajstić information content (AvgIpc) is 2.71. The predicted octanol–water partition coefficient (Wildman–Crippen LogP) is 2.82. The van der Waals surface area contributed by atoms with Crippen molar-refractivity contribution in [2.24, 2.45) is 0 Å². The summed E-state index contributed by atoms with van der Waals surface area (Å²) in [6.45, 7) is 2.38. The first-order valence-corrected chi connectivity index (χ1v) is 9.90. The topological polar surface area (TPSA) is 75.7 Å². The van der Waals surface area contributed by atoms with Gasteiger partial charge >= 0.3 is 0 Å². The number of sulfonamides is 1. The molecule has 2 aromatic rings. The van der Waals surface area contributed by atoms with Crippen molar-refractivity contribution in [1.82, 2.24) is 4.31 Å². The van der Waals surface area contributed by atoms with Crippen LogP contribution in [0, 0.1) is 30.2 Å². The molecule has 0 saturated carbocycles. The molecule has 0 unspecified atom stereocenters. The number of anilines is 1. The van der Waals surface area contributed by atoms with E-state index in [1.165, 1.54) is 16.4 Å². The molecule has 1 amide bonds. The van der Waals surface area contributed by atoms with Gasteiger partial charge in [0.15, 0.2) is 23.3 Å². The molecular formula is C18H16F4N2O4S. The van der Waals surface area contributed by atoms with Crippen molar-refractivity contribution in [3.8, 4) is 0 Å². The highest BCUT2D eigenvalue weighted by molar-refractivity contribution is 7.89. The summed E-state index contributed by atoms with van der Waals surface area (Å²) in [6, 6.07) is 4.15. The molecule has 0 atom stereocenters. The standard InChI is InChI=1S/C18H16F4N2O4S/c1-10-2-3-11(8-14(10)29(26,27)24-4-6-28-7-5-24)23-18(25)12-9-13(19)16(21)17(22)15(12)20/h2-3,8-9H,4-7H2,1H3,(H,23,25). The van der Waals surface area contributed by atoms with Crippen LogP contribution >= 0.6 is 0 Å². The molecule has 3 rings (SSSR count). The molecule has 0 aliphatic carbocycles. The maximum absolute atomic E-state index is 13.8. The Morgan fingerprint density at radius 2 is 1.69 bits per heavy atom. The van der Waals surface area contributed by atoms with E-state index in [0.29, 0.717) is 5.56 Å². The van der Waals surface area contributed by atoms with E-state index < -0.39 is 44.8 Å². The summed E-state index contributed by atoms with van der Waals surface area (Å²) in [5.41, 5.74) is -0.698. The molecule has 0 radical (unpaired) electrons. The van der Waals surface area contributed by atoms with Crippen molar-refractivity contribution >= 4 is 21.6 Å². The fourth-order valence-corrected chi connectivity index (χ4v) is 4.48. The molecule has 11 heteroatoms. The average molecular weight is 432 g/mol. The van der Waals surface area contributed by atoms with Crippen LogP contribution in [-0.2, 0) is 14.8 Å². The second-order valence-electron chi connectivity index (χ2n) is 6.30. The lowest BCUT2D eigenvalue weighted by atomic mass is 10.1. The van der Waals surface area contributed by atoms with Gasteiger partial charge in [0, 0.05) is 18.8 Å². The van der Waals surface area contributed by atoms with Crippen molar-refractivity contribution in [2.75, 3.05) is 31.6 Å². The molecular weight excluding hydrogens is 416 g/mol. The van der Waals surface area contributed by atoms with E-state index in [-0.39, 0.29) is 43.0 Å². The van der Waals surface area contributed by atoms with Crippen molar-refractivity contribution in [3.63, 3.8) is 0 Å². The third-order valence-corrected chi connectivity index (χ3v) is 6.42. The first kappa shape index (κ1) is 21.2. The first-order chi connectivity index (χ1) is 13.6. The second-order valence-corrected chi connectivity index (χ2v) is 8.21. The van der Waals surface area contributed by atoms with Crippen LogP contribution in [0.2, 0.25) is 0 Å². The number of benzene rings is 2. The van der Waals surface area contributed by atoms with Gasteiger partial charge in [0.05, 0.1) is 23.7 Å². The Morgan fingerprint density at radius 1 is 1.03 bits per heavy atom. The summed E-state index contributed by atoms with van der Waals surface area (Å²) in [5.74, 6) is -9.00. The normalized spacial score (nSPS) is 15.3. The number of aryl methyl sites for hydroxylation is 1. The minimum absolute atomic E-state index is 0.0445. The van der Waals surface area contributed by atoms with Crippen LogP contribution in [0.15, 0.2) is 29.2 Å². The number of amides is 1. The van der Waals surface area contributed by atoms with Gasteiger partial charge in [-0.2, -0.15) is 4.31 Å². The minimum atomic E-state index is -3.88. The Labute approximate surface area is 164 Å². The lowest BCUT2D eigenvalue weighted by molar-refractivity contribution is 0.0730. The highest BCUT2D eigenvalue weighted by Crippen LogP contribution is 2.25. The number of carbonyl (C=O) groups excluding carboxylic acids is 1. The second kappa shape index (κ2) is 8.09. The number of hydrogen-bond acceptors (Lipinski definition) is 4. The molecule has 1 heterocycles. The Hall–Kier alpha value is -2.50. The summed E-state index contributed by atoms with van der Waals surface area (Å²) >= 11 is 0. The number of hydrogen-bond donors (Lipinski definition) is 1.